The summed E-state index contributed by atoms with van der Waals surface area (Å²) >= 11 is 0. The summed E-state index contributed by atoms with van der Waals surface area (Å²) < 4.78 is 0. The summed E-state index contributed by atoms with van der Waals surface area (Å²) in [6.45, 7) is 7.77. The number of aliphatic hydroxyl groups excluding tert-OH is 2. The number of aromatic hydroxyl groups is 1. The molecule has 0 spiro atoms. The number of fused-ring (bicyclic) bond motifs is 3. The van der Waals surface area contributed by atoms with Crippen molar-refractivity contribution in [3.63, 3.8) is 0 Å². The Labute approximate surface area is 215 Å². The fourth-order valence-electron chi connectivity index (χ4n) is 6.20. The van der Waals surface area contributed by atoms with Gasteiger partial charge in [0, 0.05) is 18.0 Å². The van der Waals surface area contributed by atoms with Gasteiger partial charge in [-0.3, -0.25) is 19.3 Å². The third-order valence-electron chi connectivity index (χ3n) is 7.83. The first-order valence-corrected chi connectivity index (χ1v) is 12.2. The van der Waals surface area contributed by atoms with E-state index in [9.17, 15) is 34.8 Å². The number of nitrogens with two attached hydrogens (primary N) is 1. The number of nitrogens with one attached hydrogen (secondary N) is 1. The Hall–Kier alpha value is -3.21. The third kappa shape index (κ3) is 3.77. The monoisotopic (exact) mass is 513 g/mol. The van der Waals surface area contributed by atoms with Gasteiger partial charge >= 0.3 is 0 Å². The van der Waals surface area contributed by atoms with Gasteiger partial charge in [0.25, 0.3) is 5.91 Å². The molecule has 3 aliphatic carbocycles. The summed E-state index contributed by atoms with van der Waals surface area (Å²) in [5.74, 6) is -6.67. The molecule has 10 nitrogen and oxygen atoms in total. The molecule has 0 aromatic heterocycles. The highest BCUT2D eigenvalue weighted by molar-refractivity contribution is 6.25. The van der Waals surface area contributed by atoms with Crippen molar-refractivity contribution < 1.29 is 34.8 Å². The van der Waals surface area contributed by atoms with Crippen LogP contribution in [-0.4, -0.2) is 81.2 Å². The molecule has 0 radical (unpaired) electrons. The number of nitrogens with zero attached hydrogens (tertiary/aromatic N) is 1. The minimum atomic E-state index is -2.58. The number of phenols is 1. The van der Waals surface area contributed by atoms with Crippen LogP contribution in [0.3, 0.4) is 0 Å². The smallest absolute Gasteiger partial charge is 0.255 e. The summed E-state index contributed by atoms with van der Waals surface area (Å²) in [7, 11) is 3.15. The highest BCUT2D eigenvalue weighted by Crippen LogP contribution is 2.55. The highest BCUT2D eigenvalue weighted by Gasteiger charge is 2.66. The maximum absolute atomic E-state index is 14.0. The van der Waals surface area contributed by atoms with Crippen molar-refractivity contribution in [2.24, 2.45) is 23.0 Å². The van der Waals surface area contributed by atoms with Crippen LogP contribution in [0.5, 0.6) is 5.75 Å². The summed E-state index contributed by atoms with van der Waals surface area (Å²) in [6.07, 6.45) is -1.48. The van der Waals surface area contributed by atoms with E-state index in [1.54, 1.807) is 33.2 Å². The maximum Gasteiger partial charge on any atom is 0.255 e. The molecule has 200 valence electrons. The number of Topliss-reactive ketones (excluding diaryl/α,β-unsaturated/α-hetero) is 2. The van der Waals surface area contributed by atoms with E-state index in [-0.39, 0.29) is 34.5 Å². The first-order chi connectivity index (χ1) is 17.1. The van der Waals surface area contributed by atoms with Gasteiger partial charge in [-0.05, 0) is 37.1 Å². The minimum Gasteiger partial charge on any atom is -0.510 e. The number of carbonyl (C=O) groups excluding carboxylic acids is 3. The topological polar surface area (TPSA) is 173 Å². The van der Waals surface area contributed by atoms with Crippen LogP contribution in [0.15, 0.2) is 40.8 Å². The SMILES string of the molecule is C[C@H]1c2cccc(O)c2C(=O)C2=C(NCC(C)(C)C)[C@]3(O)C(=O)C(C(N)=O)=C(O)[C@@H](N(C)C)[C@@H]3[C@@H](O)[C@@H]21. The van der Waals surface area contributed by atoms with Crippen molar-refractivity contribution in [2.45, 2.75) is 51.4 Å². The van der Waals surface area contributed by atoms with Gasteiger partial charge in [-0.2, -0.15) is 0 Å². The van der Waals surface area contributed by atoms with Gasteiger partial charge in [-0.25, -0.2) is 0 Å². The highest BCUT2D eigenvalue weighted by atomic mass is 16.3. The van der Waals surface area contributed by atoms with E-state index in [1.165, 1.54) is 11.0 Å². The zero-order valence-electron chi connectivity index (χ0n) is 21.9. The lowest BCUT2D eigenvalue weighted by Gasteiger charge is -2.55. The molecular weight excluding hydrogens is 478 g/mol. The number of aliphatic hydroxyl groups is 3. The molecule has 0 bridgehead atoms. The lowest BCUT2D eigenvalue weighted by molar-refractivity contribution is -0.156. The number of carbonyl (C=O) groups is 3. The first-order valence-electron chi connectivity index (χ1n) is 12.2. The Kier molecular flexibility index (Phi) is 6.30. The standard InChI is InChI=1S/C27H35N3O7/c1-11-12-8-7-9-13(31)15(12)20(32)16-14(11)21(33)18-19(30(5)6)22(34)17(25(28)36)24(35)27(18,37)23(16)29-10-26(2,3)4/h7-9,11,14,18-19,21,29,31,33-34,37H,10H2,1-6H3,(H2,28,36)/t11-,14+,18+,19-,21-,27-/m0/s1. The van der Waals surface area contributed by atoms with E-state index in [1.807, 2.05) is 20.8 Å². The van der Waals surface area contributed by atoms with Gasteiger partial charge < -0.3 is 31.5 Å². The van der Waals surface area contributed by atoms with Crippen LogP contribution >= 0.6 is 0 Å². The van der Waals surface area contributed by atoms with Crippen molar-refractivity contribution >= 4 is 17.5 Å². The zero-order chi connectivity index (χ0) is 27.8. The Morgan fingerprint density at radius 3 is 2.35 bits per heavy atom. The zero-order valence-corrected chi connectivity index (χ0v) is 21.9. The van der Waals surface area contributed by atoms with Gasteiger partial charge in [0.05, 0.1) is 29.3 Å². The number of hydrogen-bond acceptors (Lipinski definition) is 9. The summed E-state index contributed by atoms with van der Waals surface area (Å²) in [5.41, 5.74) is 2.13. The van der Waals surface area contributed by atoms with Crippen molar-refractivity contribution in [2.75, 3.05) is 20.6 Å². The predicted molar refractivity (Wildman–Crippen MR) is 135 cm³/mol. The number of benzene rings is 1. The summed E-state index contributed by atoms with van der Waals surface area (Å²) in [4.78, 5) is 41.6. The Bertz CT molecular complexity index is 1260. The quantitative estimate of drug-likeness (QED) is 0.317. The molecule has 0 saturated carbocycles. The second-order valence-electron chi connectivity index (χ2n) is 11.7. The molecular formula is C27H35N3O7. The van der Waals surface area contributed by atoms with E-state index in [4.69, 9.17) is 5.73 Å². The number of hydrogen-bond donors (Lipinski definition) is 6. The number of rotatable bonds is 4. The molecule has 10 heteroatoms. The third-order valence-corrected chi connectivity index (χ3v) is 7.83. The van der Waals surface area contributed by atoms with Gasteiger partial charge in [0.2, 0.25) is 5.78 Å². The van der Waals surface area contributed by atoms with E-state index < -0.39 is 64.3 Å². The average molecular weight is 514 g/mol. The van der Waals surface area contributed by atoms with Crippen LogP contribution in [0.2, 0.25) is 0 Å². The summed E-state index contributed by atoms with van der Waals surface area (Å²) in [5, 5.41) is 48.8. The van der Waals surface area contributed by atoms with E-state index in [0.717, 1.165) is 0 Å². The predicted octanol–water partition coefficient (Wildman–Crippen LogP) is 0.730. The minimum absolute atomic E-state index is 0.0338. The fraction of sp³-hybridized carbons (Fsp3) is 0.519. The molecule has 0 heterocycles. The molecule has 0 saturated heterocycles. The normalized spacial score (nSPS) is 31.8. The lowest BCUT2D eigenvalue weighted by Crippen LogP contribution is -2.70. The van der Waals surface area contributed by atoms with Gasteiger partial charge in [0.15, 0.2) is 11.4 Å². The van der Waals surface area contributed by atoms with Gasteiger partial charge in [-0.15, -0.1) is 0 Å². The molecule has 0 unspecified atom stereocenters. The Balaban J connectivity index is 2.10. The molecule has 1 aromatic carbocycles. The van der Waals surface area contributed by atoms with Crippen LogP contribution in [0.4, 0.5) is 0 Å². The average Bonchev–Trinajstić information content (AvgIpc) is 2.77. The second kappa shape index (κ2) is 8.68. The Morgan fingerprint density at radius 1 is 1.19 bits per heavy atom. The van der Waals surface area contributed by atoms with E-state index >= 15 is 0 Å². The number of primary amides is 1. The van der Waals surface area contributed by atoms with Crippen molar-refractivity contribution in [3.05, 3.63) is 51.9 Å². The molecule has 1 aromatic rings. The molecule has 3 aliphatic rings. The molecule has 7 N–H and O–H groups in total. The van der Waals surface area contributed by atoms with Crippen molar-refractivity contribution in [1.29, 1.82) is 0 Å². The van der Waals surface area contributed by atoms with E-state index in [0.29, 0.717) is 5.56 Å². The molecule has 6 atom stereocenters. The molecule has 1 amide bonds. The van der Waals surface area contributed by atoms with Crippen molar-refractivity contribution in [1.82, 2.24) is 10.2 Å². The molecule has 4 rings (SSSR count). The Morgan fingerprint density at radius 2 is 1.81 bits per heavy atom. The van der Waals surface area contributed by atoms with Crippen LogP contribution in [-0.2, 0) is 9.59 Å². The number of ketones is 2. The maximum atomic E-state index is 14.0. The van der Waals surface area contributed by atoms with E-state index in [2.05, 4.69) is 5.32 Å². The fourth-order valence-corrected chi connectivity index (χ4v) is 6.20. The number of amides is 1. The number of likely N-dealkylation sites (N-methyl/N-ethyl adjacent to an activating group) is 1. The summed E-state index contributed by atoms with van der Waals surface area (Å²) in [6, 6.07) is 3.52. The first kappa shape index (κ1) is 26.8. The second-order valence-corrected chi connectivity index (χ2v) is 11.7. The molecule has 37 heavy (non-hydrogen) atoms. The van der Waals surface area contributed by atoms with Crippen LogP contribution in [0, 0.1) is 17.3 Å². The van der Waals surface area contributed by atoms with Crippen molar-refractivity contribution in [3.8, 4) is 5.75 Å². The van der Waals surface area contributed by atoms with Gasteiger partial charge in [0.1, 0.15) is 17.1 Å². The number of phenolic OH excluding ortho intramolecular Hbond substituents is 1. The molecule has 0 aliphatic heterocycles. The van der Waals surface area contributed by atoms with Crippen LogP contribution in [0.1, 0.15) is 49.5 Å². The largest absolute Gasteiger partial charge is 0.510 e. The lowest BCUT2D eigenvalue weighted by atomic mass is 9.54. The molecule has 0 fully saturated rings. The van der Waals surface area contributed by atoms with Crippen LogP contribution < -0.4 is 11.1 Å². The van der Waals surface area contributed by atoms with Crippen LogP contribution in [0.25, 0.3) is 0 Å². The van der Waals surface area contributed by atoms with Gasteiger partial charge in [-0.1, -0.05) is 39.8 Å².